The average molecular weight is 299 g/mol. The van der Waals surface area contributed by atoms with Crippen molar-refractivity contribution in [3.05, 3.63) is 11.2 Å². The molecule has 1 fully saturated rings. The van der Waals surface area contributed by atoms with Gasteiger partial charge in [-0.3, -0.25) is 0 Å². The highest BCUT2D eigenvalue weighted by molar-refractivity contribution is 6.29. The Morgan fingerprint density at radius 1 is 1.45 bits per heavy atom. The summed E-state index contributed by atoms with van der Waals surface area (Å²) in [5.74, 6) is 1.27. The van der Waals surface area contributed by atoms with Crippen LogP contribution in [0.3, 0.4) is 0 Å². The van der Waals surface area contributed by atoms with E-state index in [0.717, 1.165) is 12.8 Å². The molecule has 3 heterocycles. The standard InChI is InChI=1S/C12H15ClN4O3/c13-10-6-9-11(15-14-10)17(4-5-20-9)8-2-1-3-16(7-8)12(18)19/h6,8H,1-5,7H2,(H,18,19)/t8-/m1/s1. The van der Waals surface area contributed by atoms with Crippen molar-refractivity contribution in [1.29, 1.82) is 0 Å². The summed E-state index contributed by atoms with van der Waals surface area (Å²) in [6, 6.07) is 1.76. The molecule has 8 heteroatoms. The molecule has 1 amide bonds. The highest BCUT2D eigenvalue weighted by Crippen LogP contribution is 2.33. The molecular formula is C12H15ClN4O3. The van der Waals surface area contributed by atoms with Crippen LogP contribution in [0.1, 0.15) is 12.8 Å². The van der Waals surface area contributed by atoms with Gasteiger partial charge in [-0.25, -0.2) is 4.79 Å². The normalized spacial score (nSPS) is 22.1. The zero-order chi connectivity index (χ0) is 14.1. The van der Waals surface area contributed by atoms with E-state index in [4.69, 9.17) is 21.4 Å². The second-order valence-corrected chi connectivity index (χ2v) is 5.31. The zero-order valence-electron chi connectivity index (χ0n) is 10.8. The molecule has 1 aromatic heterocycles. The number of hydrogen-bond donors (Lipinski definition) is 1. The summed E-state index contributed by atoms with van der Waals surface area (Å²) < 4.78 is 5.54. The van der Waals surface area contributed by atoms with Crippen LogP contribution in [0, 0.1) is 0 Å². The number of nitrogens with zero attached hydrogens (tertiary/aromatic N) is 4. The first-order chi connectivity index (χ1) is 9.65. The van der Waals surface area contributed by atoms with E-state index in [1.807, 2.05) is 0 Å². The Bertz CT molecular complexity index is 527. The minimum Gasteiger partial charge on any atom is -0.488 e. The highest BCUT2D eigenvalue weighted by Gasteiger charge is 2.32. The maximum Gasteiger partial charge on any atom is 0.407 e. The van der Waals surface area contributed by atoms with Gasteiger partial charge in [-0.15, -0.1) is 10.2 Å². The predicted molar refractivity (Wildman–Crippen MR) is 72.5 cm³/mol. The van der Waals surface area contributed by atoms with Crippen molar-refractivity contribution in [3.8, 4) is 5.75 Å². The molecule has 7 nitrogen and oxygen atoms in total. The molecular weight excluding hydrogens is 284 g/mol. The molecule has 0 unspecified atom stereocenters. The van der Waals surface area contributed by atoms with Gasteiger partial charge in [0.2, 0.25) is 0 Å². The molecule has 2 aliphatic rings. The summed E-state index contributed by atoms with van der Waals surface area (Å²) >= 11 is 5.82. The van der Waals surface area contributed by atoms with Crippen molar-refractivity contribution in [3.63, 3.8) is 0 Å². The number of halogens is 1. The van der Waals surface area contributed by atoms with E-state index in [1.54, 1.807) is 6.07 Å². The van der Waals surface area contributed by atoms with E-state index >= 15 is 0 Å². The minimum atomic E-state index is -0.870. The maximum absolute atomic E-state index is 11.1. The lowest BCUT2D eigenvalue weighted by Crippen LogP contribution is -2.52. The van der Waals surface area contributed by atoms with Gasteiger partial charge in [0.15, 0.2) is 16.7 Å². The number of rotatable bonds is 1. The maximum atomic E-state index is 11.1. The van der Waals surface area contributed by atoms with E-state index in [9.17, 15) is 4.79 Å². The summed E-state index contributed by atoms with van der Waals surface area (Å²) in [4.78, 5) is 14.6. The molecule has 0 spiro atoms. The van der Waals surface area contributed by atoms with Crippen LogP contribution in [0.15, 0.2) is 6.07 Å². The fraction of sp³-hybridized carbons (Fsp3) is 0.583. The molecule has 108 valence electrons. The van der Waals surface area contributed by atoms with E-state index < -0.39 is 6.09 Å². The molecule has 0 bridgehead atoms. The third-order valence-electron chi connectivity index (χ3n) is 3.68. The monoisotopic (exact) mass is 298 g/mol. The molecule has 0 aromatic carbocycles. The molecule has 0 radical (unpaired) electrons. The number of fused-ring (bicyclic) bond motifs is 1. The molecule has 0 aliphatic carbocycles. The molecule has 20 heavy (non-hydrogen) atoms. The van der Waals surface area contributed by atoms with E-state index in [-0.39, 0.29) is 6.04 Å². The molecule has 1 N–H and O–H groups in total. The van der Waals surface area contributed by atoms with Crippen molar-refractivity contribution in [2.45, 2.75) is 18.9 Å². The Morgan fingerprint density at radius 2 is 2.30 bits per heavy atom. The van der Waals surface area contributed by atoms with Gasteiger partial charge >= 0.3 is 6.09 Å². The minimum absolute atomic E-state index is 0.109. The second kappa shape index (κ2) is 5.32. The Balaban J connectivity index is 1.83. The fourth-order valence-corrected chi connectivity index (χ4v) is 2.89. The Labute approximate surface area is 121 Å². The number of piperidine rings is 1. The van der Waals surface area contributed by atoms with Crippen LogP contribution in [0.25, 0.3) is 0 Å². The first-order valence-corrected chi connectivity index (χ1v) is 6.93. The van der Waals surface area contributed by atoms with Crippen molar-refractivity contribution < 1.29 is 14.6 Å². The number of likely N-dealkylation sites (tertiary alicyclic amines) is 1. The van der Waals surface area contributed by atoms with Crippen LogP contribution in [-0.2, 0) is 0 Å². The zero-order valence-corrected chi connectivity index (χ0v) is 11.6. The highest BCUT2D eigenvalue weighted by atomic mass is 35.5. The van der Waals surface area contributed by atoms with Crippen LogP contribution >= 0.6 is 11.6 Å². The van der Waals surface area contributed by atoms with Gasteiger partial charge in [0, 0.05) is 25.2 Å². The van der Waals surface area contributed by atoms with E-state index in [2.05, 4.69) is 15.1 Å². The van der Waals surface area contributed by atoms with Crippen molar-refractivity contribution in [1.82, 2.24) is 15.1 Å². The number of carbonyl (C=O) groups is 1. The lowest BCUT2D eigenvalue weighted by atomic mass is 10.0. The first kappa shape index (κ1) is 13.2. The molecule has 1 atom stereocenters. The molecule has 3 rings (SSSR count). The second-order valence-electron chi connectivity index (χ2n) is 4.92. The SMILES string of the molecule is O=C(O)N1CCC[C@@H](N2CCOc3cc(Cl)nnc32)C1. The number of carboxylic acid groups (broad SMARTS) is 1. The number of anilines is 1. The summed E-state index contributed by atoms with van der Waals surface area (Å²) in [5.41, 5.74) is 0. The topological polar surface area (TPSA) is 78.8 Å². The number of ether oxygens (including phenoxy) is 1. The lowest BCUT2D eigenvalue weighted by Gasteiger charge is -2.40. The van der Waals surface area contributed by atoms with Crippen LogP contribution in [0.2, 0.25) is 5.15 Å². The molecule has 1 saturated heterocycles. The molecule has 1 aromatic rings. The summed E-state index contributed by atoms with van der Waals surface area (Å²) in [6.45, 7) is 2.30. The first-order valence-electron chi connectivity index (χ1n) is 6.55. The summed E-state index contributed by atoms with van der Waals surface area (Å²) in [6.07, 6.45) is 0.920. The third-order valence-corrected chi connectivity index (χ3v) is 3.87. The van der Waals surface area contributed by atoms with Crippen molar-refractivity contribution in [2.75, 3.05) is 31.1 Å². The lowest BCUT2D eigenvalue weighted by molar-refractivity contribution is 0.128. The van der Waals surface area contributed by atoms with Crippen LogP contribution in [-0.4, -0.2) is 58.6 Å². The molecule has 0 saturated carbocycles. The summed E-state index contributed by atoms with van der Waals surface area (Å²) in [5, 5.41) is 17.4. The van der Waals surface area contributed by atoms with Gasteiger partial charge in [-0.1, -0.05) is 11.6 Å². The van der Waals surface area contributed by atoms with Crippen molar-refractivity contribution in [2.24, 2.45) is 0 Å². The average Bonchev–Trinajstić information content (AvgIpc) is 2.46. The van der Waals surface area contributed by atoms with Gasteiger partial charge in [0.05, 0.1) is 6.54 Å². The number of amides is 1. The Morgan fingerprint density at radius 3 is 3.10 bits per heavy atom. The smallest absolute Gasteiger partial charge is 0.407 e. The van der Waals surface area contributed by atoms with Crippen LogP contribution in [0.4, 0.5) is 10.6 Å². The van der Waals surface area contributed by atoms with Gasteiger partial charge in [0.1, 0.15) is 6.61 Å². The van der Waals surface area contributed by atoms with Gasteiger partial charge < -0.3 is 19.6 Å². The van der Waals surface area contributed by atoms with Crippen LogP contribution in [0.5, 0.6) is 5.75 Å². The third kappa shape index (κ3) is 2.45. The Hall–Kier alpha value is -1.76. The van der Waals surface area contributed by atoms with Crippen LogP contribution < -0.4 is 9.64 Å². The van der Waals surface area contributed by atoms with Gasteiger partial charge in [-0.2, -0.15) is 0 Å². The quantitative estimate of drug-likeness (QED) is 0.846. The molecule has 2 aliphatic heterocycles. The van der Waals surface area contributed by atoms with E-state index in [0.29, 0.717) is 43.0 Å². The predicted octanol–water partition coefficient (Wildman–Crippen LogP) is 1.47. The number of hydrogen-bond acceptors (Lipinski definition) is 5. The largest absolute Gasteiger partial charge is 0.488 e. The fourth-order valence-electron chi connectivity index (χ4n) is 2.75. The van der Waals surface area contributed by atoms with Gasteiger partial charge in [-0.05, 0) is 12.8 Å². The summed E-state index contributed by atoms with van der Waals surface area (Å²) in [7, 11) is 0. The number of aromatic nitrogens is 2. The Kier molecular flexibility index (Phi) is 3.52. The van der Waals surface area contributed by atoms with E-state index in [1.165, 1.54) is 4.90 Å². The van der Waals surface area contributed by atoms with Gasteiger partial charge in [0.25, 0.3) is 0 Å². The van der Waals surface area contributed by atoms with Crippen molar-refractivity contribution >= 4 is 23.5 Å².